The zero-order chi connectivity index (χ0) is 19.3. The van der Waals surface area contributed by atoms with Gasteiger partial charge in [-0.15, -0.1) is 0 Å². The first-order valence-corrected chi connectivity index (χ1v) is 9.37. The molecule has 2 aromatic carbocycles. The number of carbonyl (C=O) groups excluding carboxylic acids is 1. The van der Waals surface area contributed by atoms with E-state index in [2.05, 4.69) is 5.32 Å². The number of para-hydroxylation sites is 1. The number of likely N-dealkylation sites (N-methyl/N-ethyl adjacent to an activating group) is 1. The lowest BCUT2D eigenvalue weighted by atomic mass is 10.2. The van der Waals surface area contributed by atoms with Gasteiger partial charge in [-0.05, 0) is 36.8 Å². The van der Waals surface area contributed by atoms with Gasteiger partial charge in [-0.3, -0.25) is 4.79 Å². The first-order valence-electron chi connectivity index (χ1n) is 7.93. The number of nitrogens with one attached hydrogen (secondary N) is 1. The molecule has 0 aliphatic carbocycles. The normalized spacial score (nSPS) is 11.4. The molecule has 0 aliphatic heterocycles. The average Bonchev–Trinajstić information content (AvgIpc) is 2.57. The van der Waals surface area contributed by atoms with Gasteiger partial charge in [0.1, 0.15) is 6.61 Å². The van der Waals surface area contributed by atoms with Gasteiger partial charge in [0.25, 0.3) is 0 Å². The SMILES string of the molecule is CC(=O)Nc1ccc(C)c(S(=O)(=O)N(C)CCOc2ccccc2F)c1. The summed E-state index contributed by atoms with van der Waals surface area (Å²) in [6, 6.07) is 10.6. The van der Waals surface area contributed by atoms with Crippen molar-refractivity contribution in [2.45, 2.75) is 18.7 Å². The Morgan fingerprint density at radius 1 is 1.23 bits per heavy atom. The zero-order valence-corrected chi connectivity index (χ0v) is 15.6. The van der Waals surface area contributed by atoms with Crippen LogP contribution in [0.5, 0.6) is 5.75 Å². The van der Waals surface area contributed by atoms with Crippen LogP contribution in [0, 0.1) is 12.7 Å². The van der Waals surface area contributed by atoms with Crippen molar-refractivity contribution < 1.29 is 22.3 Å². The zero-order valence-electron chi connectivity index (χ0n) is 14.8. The monoisotopic (exact) mass is 380 g/mol. The lowest BCUT2D eigenvalue weighted by molar-refractivity contribution is -0.114. The van der Waals surface area contributed by atoms with E-state index < -0.39 is 15.8 Å². The largest absolute Gasteiger partial charge is 0.489 e. The van der Waals surface area contributed by atoms with E-state index in [0.717, 1.165) is 4.31 Å². The quantitative estimate of drug-likeness (QED) is 0.801. The van der Waals surface area contributed by atoms with Crippen molar-refractivity contribution in [1.29, 1.82) is 0 Å². The first-order chi connectivity index (χ1) is 12.2. The molecule has 1 amide bonds. The molecule has 2 aromatic rings. The lowest BCUT2D eigenvalue weighted by Gasteiger charge is -2.19. The summed E-state index contributed by atoms with van der Waals surface area (Å²) in [5.41, 5.74) is 0.957. The van der Waals surface area contributed by atoms with Crippen LogP contribution in [0.4, 0.5) is 10.1 Å². The molecule has 6 nitrogen and oxygen atoms in total. The lowest BCUT2D eigenvalue weighted by Crippen LogP contribution is -2.31. The van der Waals surface area contributed by atoms with E-state index in [-0.39, 0.29) is 29.7 Å². The molecule has 2 rings (SSSR count). The number of sulfonamides is 1. The Hall–Kier alpha value is -2.45. The number of carbonyl (C=O) groups is 1. The van der Waals surface area contributed by atoms with Gasteiger partial charge in [-0.1, -0.05) is 18.2 Å². The molecular weight excluding hydrogens is 359 g/mol. The fourth-order valence-corrected chi connectivity index (χ4v) is 3.69. The molecular formula is C18H21FN2O4S. The maximum absolute atomic E-state index is 13.5. The summed E-state index contributed by atoms with van der Waals surface area (Å²) >= 11 is 0. The number of hydrogen-bond acceptors (Lipinski definition) is 4. The molecule has 0 spiro atoms. The Morgan fingerprint density at radius 3 is 2.58 bits per heavy atom. The predicted molar refractivity (Wildman–Crippen MR) is 97.2 cm³/mol. The average molecular weight is 380 g/mol. The molecule has 0 unspecified atom stereocenters. The Bertz CT molecular complexity index is 900. The summed E-state index contributed by atoms with van der Waals surface area (Å²) in [6.45, 7) is 3.07. The Labute approximate surface area is 152 Å². The number of ether oxygens (including phenoxy) is 1. The first kappa shape index (κ1) is 19.9. The number of benzene rings is 2. The Morgan fingerprint density at radius 2 is 1.92 bits per heavy atom. The van der Waals surface area contributed by atoms with Crippen molar-refractivity contribution in [3.8, 4) is 5.75 Å². The minimum Gasteiger partial charge on any atom is -0.489 e. The highest BCUT2D eigenvalue weighted by atomic mass is 32.2. The van der Waals surface area contributed by atoms with Crippen molar-refractivity contribution in [3.05, 3.63) is 53.8 Å². The van der Waals surface area contributed by atoms with Gasteiger partial charge in [0, 0.05) is 26.2 Å². The minimum atomic E-state index is -3.78. The van der Waals surface area contributed by atoms with Gasteiger partial charge in [0.05, 0.1) is 4.90 Å². The molecule has 26 heavy (non-hydrogen) atoms. The number of aryl methyl sites for hydroxylation is 1. The highest BCUT2D eigenvalue weighted by Gasteiger charge is 2.23. The second-order valence-electron chi connectivity index (χ2n) is 5.77. The van der Waals surface area contributed by atoms with Crippen LogP contribution in [0.1, 0.15) is 12.5 Å². The van der Waals surface area contributed by atoms with Gasteiger partial charge < -0.3 is 10.1 Å². The second kappa shape index (κ2) is 8.29. The second-order valence-corrected chi connectivity index (χ2v) is 7.78. The topological polar surface area (TPSA) is 75.7 Å². The van der Waals surface area contributed by atoms with E-state index in [4.69, 9.17) is 4.74 Å². The smallest absolute Gasteiger partial charge is 0.243 e. The van der Waals surface area contributed by atoms with Crippen LogP contribution in [0.25, 0.3) is 0 Å². The molecule has 1 N–H and O–H groups in total. The molecule has 140 valence electrons. The summed E-state index contributed by atoms with van der Waals surface area (Å²) in [7, 11) is -2.36. The molecule has 0 aliphatic rings. The molecule has 0 atom stereocenters. The van der Waals surface area contributed by atoms with E-state index in [1.807, 2.05) is 0 Å². The standard InChI is InChI=1S/C18H21FN2O4S/c1-13-8-9-15(20-14(2)22)12-18(13)26(23,24)21(3)10-11-25-17-7-5-4-6-16(17)19/h4-9,12H,10-11H2,1-3H3,(H,20,22). The fraction of sp³-hybridized carbons (Fsp3) is 0.278. The van der Waals surface area contributed by atoms with Crippen LogP contribution < -0.4 is 10.1 Å². The van der Waals surface area contributed by atoms with Crippen LogP contribution in [0.15, 0.2) is 47.4 Å². The van der Waals surface area contributed by atoms with Crippen molar-refractivity contribution in [1.82, 2.24) is 4.31 Å². The third kappa shape index (κ3) is 4.80. The van der Waals surface area contributed by atoms with Crippen LogP contribution in [0.2, 0.25) is 0 Å². The van der Waals surface area contributed by atoms with E-state index in [0.29, 0.717) is 11.3 Å². The molecule has 0 heterocycles. The van der Waals surface area contributed by atoms with Crippen LogP contribution in [-0.4, -0.2) is 38.8 Å². The highest BCUT2D eigenvalue weighted by Crippen LogP contribution is 2.23. The third-order valence-corrected chi connectivity index (χ3v) is 5.70. The van der Waals surface area contributed by atoms with Gasteiger partial charge in [0.2, 0.25) is 15.9 Å². The minimum absolute atomic E-state index is 0.00109. The van der Waals surface area contributed by atoms with Crippen molar-refractivity contribution >= 4 is 21.6 Å². The molecule has 0 radical (unpaired) electrons. The molecule has 0 aromatic heterocycles. The van der Waals surface area contributed by atoms with Gasteiger partial charge in [-0.2, -0.15) is 4.31 Å². The van der Waals surface area contributed by atoms with Gasteiger partial charge in [-0.25, -0.2) is 12.8 Å². The molecule has 0 fully saturated rings. The third-order valence-electron chi connectivity index (χ3n) is 3.70. The number of rotatable bonds is 7. The number of nitrogens with zero attached hydrogens (tertiary/aromatic N) is 1. The summed E-state index contributed by atoms with van der Waals surface area (Å²) in [5.74, 6) is -0.720. The Balaban J connectivity index is 2.11. The molecule has 0 bridgehead atoms. The summed E-state index contributed by atoms with van der Waals surface area (Å²) < 4.78 is 45.5. The molecule has 0 saturated carbocycles. The van der Waals surface area contributed by atoms with Crippen LogP contribution in [-0.2, 0) is 14.8 Å². The number of amides is 1. The number of hydrogen-bond donors (Lipinski definition) is 1. The fourth-order valence-electron chi connectivity index (χ4n) is 2.29. The van der Waals surface area contributed by atoms with E-state index in [9.17, 15) is 17.6 Å². The maximum atomic E-state index is 13.5. The maximum Gasteiger partial charge on any atom is 0.243 e. The molecule has 8 heteroatoms. The van der Waals surface area contributed by atoms with E-state index >= 15 is 0 Å². The van der Waals surface area contributed by atoms with E-state index in [1.54, 1.807) is 31.2 Å². The summed E-state index contributed by atoms with van der Waals surface area (Å²) in [4.78, 5) is 11.3. The van der Waals surface area contributed by atoms with E-state index in [1.165, 1.54) is 32.2 Å². The van der Waals surface area contributed by atoms with Crippen molar-refractivity contribution in [3.63, 3.8) is 0 Å². The summed E-state index contributed by atoms with van der Waals surface area (Å²) in [5, 5.41) is 2.57. The number of halogens is 1. The summed E-state index contributed by atoms with van der Waals surface area (Å²) in [6.07, 6.45) is 0. The molecule has 0 saturated heterocycles. The van der Waals surface area contributed by atoms with Gasteiger partial charge in [0.15, 0.2) is 11.6 Å². The highest BCUT2D eigenvalue weighted by molar-refractivity contribution is 7.89. The predicted octanol–water partition coefficient (Wildman–Crippen LogP) is 2.79. The number of anilines is 1. The van der Waals surface area contributed by atoms with Crippen LogP contribution >= 0.6 is 0 Å². The van der Waals surface area contributed by atoms with Gasteiger partial charge >= 0.3 is 0 Å². The van der Waals surface area contributed by atoms with Crippen LogP contribution in [0.3, 0.4) is 0 Å². The van der Waals surface area contributed by atoms with Crippen molar-refractivity contribution in [2.75, 3.05) is 25.5 Å². The Kier molecular flexibility index (Phi) is 6.33. The van der Waals surface area contributed by atoms with Crippen molar-refractivity contribution in [2.24, 2.45) is 0 Å².